The van der Waals surface area contributed by atoms with E-state index in [1.165, 1.54) is 0 Å². The first-order valence-electron chi connectivity index (χ1n) is 9.17. The Morgan fingerprint density at radius 3 is 1.73 bits per heavy atom. The molecule has 1 heterocycles. The topological polar surface area (TPSA) is 67.1 Å². The van der Waals surface area contributed by atoms with E-state index in [2.05, 4.69) is 0 Å². The summed E-state index contributed by atoms with van der Waals surface area (Å²) in [6.45, 7) is 0. The van der Waals surface area contributed by atoms with Crippen molar-refractivity contribution in [3.05, 3.63) is 97.1 Å². The number of benzene rings is 3. The van der Waals surface area contributed by atoms with Crippen LogP contribution < -0.4 is 18.3 Å². The summed E-state index contributed by atoms with van der Waals surface area (Å²) in [6.07, 6.45) is 0. The van der Waals surface area contributed by atoms with Crippen LogP contribution in [-0.2, 0) is 4.57 Å². The van der Waals surface area contributed by atoms with Gasteiger partial charge in [0.2, 0.25) is 0 Å². The number of rotatable bonds is 8. The molecule has 3 aromatic carbocycles. The average Bonchev–Trinajstić information content (AvgIpc) is 3.23. The molecule has 0 unspecified atom stereocenters. The predicted octanol–water partition coefficient (Wildman–Crippen LogP) is 6.60. The van der Waals surface area contributed by atoms with Gasteiger partial charge in [0, 0.05) is 11.6 Å². The molecule has 0 bridgehead atoms. The Morgan fingerprint density at radius 2 is 1.20 bits per heavy atom. The Morgan fingerprint density at radius 1 is 0.633 bits per heavy atom. The third kappa shape index (κ3) is 4.85. The van der Waals surface area contributed by atoms with Crippen molar-refractivity contribution in [1.29, 1.82) is 0 Å². The fourth-order valence-electron chi connectivity index (χ4n) is 2.67. The van der Waals surface area contributed by atoms with Crippen molar-refractivity contribution < 1.29 is 27.3 Å². The molecular formula is C23H19O6P. The lowest BCUT2D eigenvalue weighted by molar-refractivity contribution is 0.269. The minimum Gasteiger partial charge on any atom is -0.497 e. The van der Waals surface area contributed by atoms with Gasteiger partial charge in [0.05, 0.1) is 7.11 Å². The lowest BCUT2D eigenvalue weighted by Crippen LogP contribution is -2.07. The molecule has 7 heteroatoms. The van der Waals surface area contributed by atoms with Crippen LogP contribution in [0.4, 0.5) is 0 Å². The second kappa shape index (κ2) is 8.80. The molecule has 1 aromatic heterocycles. The zero-order chi connectivity index (χ0) is 20.8. The molecule has 0 aliphatic rings. The molecule has 4 rings (SSSR count). The smallest absolute Gasteiger partial charge is 0.497 e. The van der Waals surface area contributed by atoms with Crippen molar-refractivity contribution >= 4 is 7.82 Å². The van der Waals surface area contributed by atoms with Crippen molar-refractivity contribution in [2.75, 3.05) is 7.11 Å². The highest BCUT2D eigenvalue weighted by molar-refractivity contribution is 7.49. The molecule has 6 nitrogen and oxygen atoms in total. The quantitative estimate of drug-likeness (QED) is 0.298. The number of hydrogen-bond donors (Lipinski definition) is 0. The van der Waals surface area contributed by atoms with Gasteiger partial charge in [-0.15, -0.1) is 0 Å². The maximum Gasteiger partial charge on any atom is 0.649 e. The van der Waals surface area contributed by atoms with E-state index in [9.17, 15) is 4.57 Å². The summed E-state index contributed by atoms with van der Waals surface area (Å²) in [5.41, 5.74) is 0.813. The third-order valence-electron chi connectivity index (χ3n) is 4.08. The number of ether oxygens (including phenoxy) is 1. The molecule has 0 amide bonds. The van der Waals surface area contributed by atoms with Crippen LogP contribution in [0.15, 0.2) is 101 Å². The minimum atomic E-state index is -4.09. The van der Waals surface area contributed by atoms with Crippen LogP contribution in [-0.4, -0.2) is 7.11 Å². The molecule has 0 atom stereocenters. The zero-order valence-corrected chi connectivity index (χ0v) is 17.0. The van der Waals surface area contributed by atoms with Crippen molar-refractivity contribution in [1.82, 2.24) is 0 Å². The van der Waals surface area contributed by atoms with Crippen LogP contribution in [0.2, 0.25) is 0 Å². The van der Waals surface area contributed by atoms with E-state index in [-0.39, 0.29) is 5.95 Å². The van der Waals surface area contributed by atoms with Gasteiger partial charge in [0.25, 0.3) is 5.95 Å². The third-order valence-corrected chi connectivity index (χ3v) is 5.35. The zero-order valence-electron chi connectivity index (χ0n) is 16.1. The Labute approximate surface area is 174 Å². The predicted molar refractivity (Wildman–Crippen MR) is 113 cm³/mol. The number of para-hydroxylation sites is 2. The molecular weight excluding hydrogens is 403 g/mol. The molecule has 4 aromatic rings. The number of furan rings is 1. The van der Waals surface area contributed by atoms with Crippen LogP contribution in [0.1, 0.15) is 0 Å². The van der Waals surface area contributed by atoms with Crippen LogP contribution in [0.5, 0.6) is 23.2 Å². The molecule has 0 radical (unpaired) electrons. The summed E-state index contributed by atoms with van der Waals surface area (Å²) in [6, 6.07) is 28.0. The molecule has 0 spiro atoms. The van der Waals surface area contributed by atoms with Gasteiger partial charge in [-0.3, -0.25) is 0 Å². The summed E-state index contributed by atoms with van der Waals surface area (Å²) in [7, 11) is -2.49. The molecule has 0 N–H and O–H groups in total. The Hall–Kier alpha value is -3.63. The number of phosphoric acid groups is 1. The van der Waals surface area contributed by atoms with Gasteiger partial charge in [-0.05, 0) is 54.6 Å². The normalized spacial score (nSPS) is 11.0. The van der Waals surface area contributed by atoms with Crippen LogP contribution in [0.3, 0.4) is 0 Å². The number of methoxy groups -OCH3 is 1. The van der Waals surface area contributed by atoms with E-state index in [1.807, 2.05) is 36.4 Å². The second-order valence-electron chi connectivity index (χ2n) is 6.19. The maximum absolute atomic E-state index is 13.4. The van der Waals surface area contributed by atoms with Crippen molar-refractivity contribution in [2.45, 2.75) is 0 Å². The highest BCUT2D eigenvalue weighted by Crippen LogP contribution is 2.50. The average molecular weight is 422 g/mol. The first-order chi connectivity index (χ1) is 14.6. The van der Waals surface area contributed by atoms with Crippen LogP contribution in [0.25, 0.3) is 11.3 Å². The van der Waals surface area contributed by atoms with Gasteiger partial charge in [-0.1, -0.05) is 36.4 Å². The maximum atomic E-state index is 13.4. The summed E-state index contributed by atoms with van der Waals surface area (Å²) in [4.78, 5) is 0. The Balaban J connectivity index is 1.58. The largest absolute Gasteiger partial charge is 0.649 e. The molecule has 152 valence electrons. The second-order valence-corrected chi connectivity index (χ2v) is 7.64. The summed E-state index contributed by atoms with van der Waals surface area (Å²) >= 11 is 0. The van der Waals surface area contributed by atoms with E-state index in [1.54, 1.807) is 67.8 Å². The van der Waals surface area contributed by atoms with Gasteiger partial charge >= 0.3 is 7.82 Å². The van der Waals surface area contributed by atoms with Gasteiger partial charge in [0.15, 0.2) is 0 Å². The lowest BCUT2D eigenvalue weighted by atomic mass is 10.2. The van der Waals surface area contributed by atoms with Gasteiger partial charge in [-0.2, -0.15) is 4.57 Å². The summed E-state index contributed by atoms with van der Waals surface area (Å²) in [5.74, 6) is 1.98. The first-order valence-corrected chi connectivity index (χ1v) is 10.6. The molecule has 0 aliphatic carbocycles. The Kier molecular flexibility index (Phi) is 5.77. The van der Waals surface area contributed by atoms with Crippen LogP contribution >= 0.6 is 7.82 Å². The fraction of sp³-hybridized carbons (Fsp3) is 0.0435. The van der Waals surface area contributed by atoms with E-state index < -0.39 is 7.82 Å². The highest BCUT2D eigenvalue weighted by atomic mass is 31.2. The molecule has 0 fully saturated rings. The van der Waals surface area contributed by atoms with E-state index in [0.717, 1.165) is 11.3 Å². The van der Waals surface area contributed by atoms with E-state index in [4.69, 9.17) is 22.7 Å². The molecule has 0 saturated heterocycles. The Bertz CT molecular complexity index is 1080. The van der Waals surface area contributed by atoms with Crippen molar-refractivity contribution in [3.63, 3.8) is 0 Å². The summed E-state index contributed by atoms with van der Waals surface area (Å²) < 4.78 is 41.0. The minimum absolute atomic E-state index is 0.0102. The number of phosphoric ester groups is 1. The highest BCUT2D eigenvalue weighted by Gasteiger charge is 2.34. The molecule has 0 saturated carbocycles. The standard InChI is InChI=1S/C23H19O6P/c1-25-19-14-12-18(13-15-19)22-16-17-23(26-22)29-30(24,27-20-8-4-2-5-9-20)28-21-10-6-3-7-11-21/h2-17H,1H3. The van der Waals surface area contributed by atoms with Crippen LogP contribution in [0, 0.1) is 0 Å². The lowest BCUT2D eigenvalue weighted by Gasteiger charge is -2.18. The van der Waals surface area contributed by atoms with Crippen molar-refractivity contribution in [3.8, 4) is 34.5 Å². The number of hydrogen-bond acceptors (Lipinski definition) is 6. The van der Waals surface area contributed by atoms with Crippen molar-refractivity contribution in [2.24, 2.45) is 0 Å². The van der Waals surface area contributed by atoms with E-state index >= 15 is 0 Å². The van der Waals surface area contributed by atoms with Gasteiger partial charge < -0.3 is 22.7 Å². The summed E-state index contributed by atoms with van der Waals surface area (Å²) in [5, 5.41) is 0. The molecule has 0 aliphatic heterocycles. The SMILES string of the molecule is COc1ccc(-c2ccc(OP(=O)(Oc3ccccc3)Oc3ccccc3)o2)cc1. The van der Waals surface area contributed by atoms with Gasteiger partial charge in [0.1, 0.15) is 23.0 Å². The van der Waals surface area contributed by atoms with E-state index in [0.29, 0.717) is 17.3 Å². The first kappa shape index (κ1) is 19.7. The molecule has 30 heavy (non-hydrogen) atoms. The fourth-order valence-corrected chi connectivity index (χ4v) is 3.86. The van der Waals surface area contributed by atoms with Gasteiger partial charge in [-0.25, -0.2) is 0 Å². The monoisotopic (exact) mass is 422 g/mol.